The quantitative estimate of drug-likeness (QED) is 0.898. The number of hydrogen-bond acceptors (Lipinski definition) is 2. The van der Waals surface area contributed by atoms with Crippen molar-refractivity contribution in [2.45, 2.75) is 13.8 Å². The van der Waals surface area contributed by atoms with Gasteiger partial charge < -0.3 is 10.4 Å². The lowest BCUT2D eigenvalue weighted by Gasteiger charge is -2.08. The van der Waals surface area contributed by atoms with E-state index in [0.29, 0.717) is 11.3 Å². The van der Waals surface area contributed by atoms with E-state index in [1.807, 2.05) is 32.0 Å². The number of aryl methyl sites for hydroxylation is 2. The molecule has 0 aliphatic heterocycles. The Balaban J connectivity index is 2.23. The first-order valence-corrected chi connectivity index (χ1v) is 6.19. The van der Waals surface area contributed by atoms with Gasteiger partial charge in [-0.05, 0) is 55.3 Å². The summed E-state index contributed by atoms with van der Waals surface area (Å²) in [5.74, 6) is -1.37. The van der Waals surface area contributed by atoms with Gasteiger partial charge in [-0.2, -0.15) is 0 Å². The molecule has 0 heterocycles. The van der Waals surface area contributed by atoms with Crippen molar-refractivity contribution in [3.8, 4) is 0 Å². The molecule has 0 bridgehead atoms. The van der Waals surface area contributed by atoms with E-state index in [-0.39, 0.29) is 11.5 Å². The second-order valence-corrected chi connectivity index (χ2v) is 4.72. The van der Waals surface area contributed by atoms with Gasteiger partial charge in [-0.15, -0.1) is 0 Å². The van der Waals surface area contributed by atoms with Crippen LogP contribution in [-0.2, 0) is 0 Å². The van der Waals surface area contributed by atoms with Gasteiger partial charge in [-0.3, -0.25) is 4.79 Å². The zero-order valence-electron chi connectivity index (χ0n) is 11.3. The fourth-order valence-electron chi connectivity index (χ4n) is 2.04. The molecule has 0 saturated carbocycles. The first-order chi connectivity index (χ1) is 9.45. The second-order valence-electron chi connectivity index (χ2n) is 4.72. The molecule has 1 amide bonds. The maximum absolute atomic E-state index is 12.1. The van der Waals surface area contributed by atoms with E-state index in [0.717, 1.165) is 11.1 Å². The number of amides is 1. The summed E-state index contributed by atoms with van der Waals surface area (Å²) < 4.78 is 0. The number of rotatable bonds is 3. The monoisotopic (exact) mass is 269 g/mol. The van der Waals surface area contributed by atoms with E-state index in [2.05, 4.69) is 5.32 Å². The van der Waals surface area contributed by atoms with Gasteiger partial charge in [0.25, 0.3) is 5.91 Å². The zero-order valence-corrected chi connectivity index (χ0v) is 11.3. The lowest BCUT2D eigenvalue weighted by atomic mass is 10.1. The molecule has 4 nitrogen and oxygen atoms in total. The molecule has 0 aromatic heterocycles. The molecule has 2 N–H and O–H groups in total. The Kier molecular flexibility index (Phi) is 3.84. The Morgan fingerprint density at radius 1 is 0.950 bits per heavy atom. The topological polar surface area (TPSA) is 66.4 Å². The second kappa shape index (κ2) is 5.57. The number of carboxylic acid groups (broad SMARTS) is 1. The molecule has 0 spiro atoms. The van der Waals surface area contributed by atoms with E-state index in [1.54, 1.807) is 12.1 Å². The smallest absolute Gasteiger partial charge is 0.335 e. The number of aromatic carboxylic acids is 1. The Hall–Kier alpha value is -2.62. The molecule has 0 aliphatic carbocycles. The number of hydrogen-bond donors (Lipinski definition) is 2. The van der Waals surface area contributed by atoms with Crippen LogP contribution in [0.15, 0.2) is 42.5 Å². The summed E-state index contributed by atoms with van der Waals surface area (Å²) in [4.78, 5) is 23.0. The zero-order chi connectivity index (χ0) is 14.7. The maximum Gasteiger partial charge on any atom is 0.335 e. The minimum atomic E-state index is -1.05. The van der Waals surface area contributed by atoms with Crippen molar-refractivity contribution >= 4 is 17.6 Å². The Morgan fingerprint density at radius 2 is 1.55 bits per heavy atom. The van der Waals surface area contributed by atoms with Crippen molar-refractivity contribution < 1.29 is 14.7 Å². The van der Waals surface area contributed by atoms with Crippen LogP contribution < -0.4 is 5.32 Å². The molecular formula is C16H15NO3. The standard InChI is InChI=1S/C16H15NO3/c1-10-6-11(2)8-14(7-10)17-15(18)12-4-3-5-13(9-12)16(19)20/h3-9H,1-2H3,(H,17,18)(H,19,20). The van der Waals surface area contributed by atoms with Crippen LogP contribution in [0.3, 0.4) is 0 Å². The highest BCUT2D eigenvalue weighted by Crippen LogP contribution is 2.15. The highest BCUT2D eigenvalue weighted by molar-refractivity contribution is 6.05. The normalized spacial score (nSPS) is 10.1. The van der Waals surface area contributed by atoms with E-state index >= 15 is 0 Å². The lowest BCUT2D eigenvalue weighted by molar-refractivity contribution is 0.0697. The summed E-state index contributed by atoms with van der Waals surface area (Å²) in [6.45, 7) is 3.90. The number of nitrogens with one attached hydrogen (secondary N) is 1. The largest absolute Gasteiger partial charge is 0.478 e. The molecule has 4 heteroatoms. The van der Waals surface area contributed by atoms with Crippen molar-refractivity contribution in [3.63, 3.8) is 0 Å². The number of anilines is 1. The first kappa shape index (κ1) is 13.8. The van der Waals surface area contributed by atoms with Crippen LogP contribution in [0.1, 0.15) is 31.8 Å². The van der Waals surface area contributed by atoms with Crippen LogP contribution in [-0.4, -0.2) is 17.0 Å². The Morgan fingerprint density at radius 3 is 2.15 bits per heavy atom. The molecule has 2 rings (SSSR count). The van der Waals surface area contributed by atoms with Gasteiger partial charge in [-0.1, -0.05) is 12.1 Å². The van der Waals surface area contributed by atoms with Crippen molar-refractivity contribution in [1.82, 2.24) is 0 Å². The Labute approximate surface area is 117 Å². The van der Waals surface area contributed by atoms with Crippen LogP contribution in [0.5, 0.6) is 0 Å². The van der Waals surface area contributed by atoms with Gasteiger partial charge in [0.05, 0.1) is 5.56 Å². The fraction of sp³-hybridized carbons (Fsp3) is 0.125. The van der Waals surface area contributed by atoms with Crippen molar-refractivity contribution in [3.05, 3.63) is 64.7 Å². The minimum Gasteiger partial charge on any atom is -0.478 e. The van der Waals surface area contributed by atoms with E-state index in [9.17, 15) is 9.59 Å². The average Bonchev–Trinajstić information content (AvgIpc) is 2.37. The van der Waals surface area contributed by atoms with Gasteiger partial charge >= 0.3 is 5.97 Å². The van der Waals surface area contributed by atoms with Gasteiger partial charge in [0, 0.05) is 11.3 Å². The van der Waals surface area contributed by atoms with Crippen LogP contribution in [0.25, 0.3) is 0 Å². The summed E-state index contributed by atoms with van der Waals surface area (Å²) in [5.41, 5.74) is 3.23. The maximum atomic E-state index is 12.1. The van der Waals surface area contributed by atoms with Gasteiger partial charge in [0.1, 0.15) is 0 Å². The van der Waals surface area contributed by atoms with E-state index in [4.69, 9.17) is 5.11 Å². The number of carbonyl (C=O) groups is 2. The van der Waals surface area contributed by atoms with Crippen LogP contribution in [0, 0.1) is 13.8 Å². The lowest BCUT2D eigenvalue weighted by Crippen LogP contribution is -2.13. The molecule has 2 aromatic rings. The van der Waals surface area contributed by atoms with Gasteiger partial charge in [0.2, 0.25) is 0 Å². The van der Waals surface area contributed by atoms with Crippen molar-refractivity contribution in [1.29, 1.82) is 0 Å². The van der Waals surface area contributed by atoms with E-state index < -0.39 is 5.97 Å². The Bertz CT molecular complexity index is 657. The van der Waals surface area contributed by atoms with Crippen LogP contribution in [0.2, 0.25) is 0 Å². The SMILES string of the molecule is Cc1cc(C)cc(NC(=O)c2cccc(C(=O)O)c2)c1. The molecule has 2 aromatic carbocycles. The summed E-state index contributed by atoms with van der Waals surface area (Å²) in [6.07, 6.45) is 0. The average molecular weight is 269 g/mol. The predicted octanol–water partition coefficient (Wildman–Crippen LogP) is 3.25. The van der Waals surface area contributed by atoms with Crippen LogP contribution >= 0.6 is 0 Å². The summed E-state index contributed by atoms with van der Waals surface area (Å²) in [5, 5.41) is 11.7. The third-order valence-electron chi connectivity index (χ3n) is 2.85. The van der Waals surface area contributed by atoms with Gasteiger partial charge in [-0.25, -0.2) is 4.79 Å². The van der Waals surface area contributed by atoms with Crippen molar-refractivity contribution in [2.24, 2.45) is 0 Å². The molecule has 0 fully saturated rings. The molecule has 0 unspecified atom stereocenters. The molecule has 0 atom stereocenters. The first-order valence-electron chi connectivity index (χ1n) is 6.19. The molecule has 0 aliphatic rings. The highest BCUT2D eigenvalue weighted by Gasteiger charge is 2.10. The molecular weight excluding hydrogens is 254 g/mol. The number of carbonyl (C=O) groups excluding carboxylic acids is 1. The fourth-order valence-corrected chi connectivity index (χ4v) is 2.04. The van der Waals surface area contributed by atoms with Crippen LogP contribution in [0.4, 0.5) is 5.69 Å². The predicted molar refractivity (Wildman–Crippen MR) is 77.3 cm³/mol. The van der Waals surface area contributed by atoms with Crippen molar-refractivity contribution in [2.75, 3.05) is 5.32 Å². The number of benzene rings is 2. The summed E-state index contributed by atoms with van der Waals surface area (Å²) in [7, 11) is 0. The summed E-state index contributed by atoms with van der Waals surface area (Å²) >= 11 is 0. The third kappa shape index (κ3) is 3.23. The molecule has 20 heavy (non-hydrogen) atoms. The van der Waals surface area contributed by atoms with Gasteiger partial charge in [0.15, 0.2) is 0 Å². The molecule has 102 valence electrons. The molecule has 0 radical (unpaired) electrons. The third-order valence-corrected chi connectivity index (χ3v) is 2.85. The van der Waals surface area contributed by atoms with E-state index in [1.165, 1.54) is 12.1 Å². The minimum absolute atomic E-state index is 0.0954. The highest BCUT2D eigenvalue weighted by atomic mass is 16.4. The summed E-state index contributed by atoms with van der Waals surface area (Å²) in [6, 6.07) is 11.7. The molecule has 0 saturated heterocycles. The number of carboxylic acids is 1.